The molecule has 1 aliphatic rings. The van der Waals surface area contributed by atoms with E-state index < -0.39 is 11.9 Å². The van der Waals surface area contributed by atoms with E-state index in [-0.39, 0.29) is 28.9 Å². The SMILES string of the molecule is COC(=O)C1CSC(c2ccc(OC(C)=O)c(OC(C)=O)c2)N1. The fourth-order valence-corrected chi connectivity index (χ4v) is 3.32. The zero-order chi connectivity index (χ0) is 17.0. The number of nitrogens with one attached hydrogen (secondary N) is 1. The highest BCUT2D eigenvalue weighted by molar-refractivity contribution is 7.99. The average Bonchev–Trinajstić information content (AvgIpc) is 2.97. The number of thioether (sulfide) groups is 1. The molecule has 2 unspecified atom stereocenters. The first-order valence-corrected chi connectivity index (χ1v) is 7.92. The molecule has 0 spiro atoms. The van der Waals surface area contributed by atoms with Crippen LogP contribution in [0.3, 0.4) is 0 Å². The minimum Gasteiger partial charge on any atom is -0.468 e. The summed E-state index contributed by atoms with van der Waals surface area (Å²) in [7, 11) is 1.34. The molecule has 0 aliphatic carbocycles. The molecule has 7 nitrogen and oxygen atoms in total. The van der Waals surface area contributed by atoms with Crippen LogP contribution in [0.4, 0.5) is 0 Å². The molecule has 1 aromatic carbocycles. The molecule has 0 saturated carbocycles. The Labute approximate surface area is 137 Å². The predicted molar refractivity (Wildman–Crippen MR) is 83.2 cm³/mol. The Kier molecular flexibility index (Phi) is 5.62. The number of hydrogen-bond acceptors (Lipinski definition) is 8. The van der Waals surface area contributed by atoms with Crippen LogP contribution in [-0.2, 0) is 19.1 Å². The maximum absolute atomic E-state index is 11.6. The fourth-order valence-electron chi connectivity index (χ4n) is 2.10. The molecule has 2 rings (SSSR count). The van der Waals surface area contributed by atoms with Gasteiger partial charge < -0.3 is 14.2 Å². The van der Waals surface area contributed by atoms with E-state index in [9.17, 15) is 14.4 Å². The topological polar surface area (TPSA) is 90.9 Å². The van der Waals surface area contributed by atoms with Crippen LogP contribution in [0, 0.1) is 0 Å². The van der Waals surface area contributed by atoms with E-state index in [0.717, 1.165) is 5.56 Å². The lowest BCUT2D eigenvalue weighted by molar-refractivity contribution is -0.142. The van der Waals surface area contributed by atoms with Gasteiger partial charge in [0.2, 0.25) is 0 Å². The summed E-state index contributed by atoms with van der Waals surface area (Å²) in [5.74, 6) is -0.443. The Balaban J connectivity index is 2.21. The summed E-state index contributed by atoms with van der Waals surface area (Å²) in [4.78, 5) is 33.9. The lowest BCUT2D eigenvalue weighted by atomic mass is 10.2. The van der Waals surface area contributed by atoms with Crippen molar-refractivity contribution in [2.45, 2.75) is 25.3 Å². The number of esters is 3. The Morgan fingerprint density at radius 2 is 1.78 bits per heavy atom. The highest BCUT2D eigenvalue weighted by atomic mass is 32.2. The first kappa shape index (κ1) is 17.3. The van der Waals surface area contributed by atoms with E-state index in [1.807, 2.05) is 0 Å². The van der Waals surface area contributed by atoms with Crippen molar-refractivity contribution in [1.29, 1.82) is 0 Å². The molecule has 23 heavy (non-hydrogen) atoms. The summed E-state index contributed by atoms with van der Waals surface area (Å²) >= 11 is 1.53. The smallest absolute Gasteiger partial charge is 0.323 e. The van der Waals surface area contributed by atoms with E-state index in [4.69, 9.17) is 14.2 Å². The number of rotatable bonds is 4. The number of ether oxygens (including phenoxy) is 3. The third kappa shape index (κ3) is 4.46. The van der Waals surface area contributed by atoms with Gasteiger partial charge in [0.25, 0.3) is 0 Å². The Hall–Kier alpha value is -2.06. The maximum atomic E-state index is 11.6. The van der Waals surface area contributed by atoms with Gasteiger partial charge in [-0.25, -0.2) is 0 Å². The summed E-state index contributed by atoms with van der Waals surface area (Å²) in [6.07, 6.45) is 0. The van der Waals surface area contributed by atoms with Gasteiger partial charge in [-0.3, -0.25) is 19.7 Å². The van der Waals surface area contributed by atoms with Crippen molar-refractivity contribution >= 4 is 29.7 Å². The number of hydrogen-bond donors (Lipinski definition) is 1. The summed E-state index contributed by atoms with van der Waals surface area (Å²) in [5.41, 5.74) is 0.800. The second-order valence-corrected chi connectivity index (χ2v) is 5.99. The second-order valence-electron chi connectivity index (χ2n) is 4.85. The Bertz CT molecular complexity index is 632. The van der Waals surface area contributed by atoms with E-state index in [1.165, 1.54) is 32.7 Å². The van der Waals surface area contributed by atoms with Crippen LogP contribution in [0.1, 0.15) is 24.8 Å². The van der Waals surface area contributed by atoms with Gasteiger partial charge in [-0.2, -0.15) is 0 Å². The van der Waals surface area contributed by atoms with Crippen molar-refractivity contribution in [3.05, 3.63) is 23.8 Å². The normalized spacial score (nSPS) is 20.0. The standard InChI is InChI=1S/C15H17NO6S/c1-8(17)21-12-5-4-10(6-13(12)22-9(2)18)14-16-11(7-23-14)15(19)20-3/h4-6,11,14,16H,7H2,1-3H3. The zero-order valence-electron chi connectivity index (χ0n) is 13.0. The molecule has 1 heterocycles. The quantitative estimate of drug-likeness (QED) is 0.650. The lowest BCUT2D eigenvalue weighted by Crippen LogP contribution is -2.34. The van der Waals surface area contributed by atoms with Crippen LogP contribution in [0.25, 0.3) is 0 Å². The van der Waals surface area contributed by atoms with Crippen molar-refractivity contribution in [1.82, 2.24) is 5.32 Å². The maximum Gasteiger partial charge on any atom is 0.323 e. The Morgan fingerprint density at radius 3 is 2.39 bits per heavy atom. The minimum atomic E-state index is -0.518. The highest BCUT2D eigenvalue weighted by Gasteiger charge is 2.31. The molecule has 1 aliphatic heterocycles. The predicted octanol–water partition coefficient (Wildman–Crippen LogP) is 1.41. The summed E-state index contributed by atoms with van der Waals surface area (Å²) in [6.45, 7) is 2.53. The van der Waals surface area contributed by atoms with Crippen molar-refractivity contribution in [3.8, 4) is 11.5 Å². The van der Waals surface area contributed by atoms with E-state index in [1.54, 1.807) is 18.2 Å². The molecule has 124 valence electrons. The van der Waals surface area contributed by atoms with Gasteiger partial charge in [-0.1, -0.05) is 6.07 Å². The van der Waals surface area contributed by atoms with Crippen molar-refractivity contribution in [2.75, 3.05) is 12.9 Å². The number of benzene rings is 1. The first-order valence-electron chi connectivity index (χ1n) is 6.87. The molecule has 0 radical (unpaired) electrons. The van der Waals surface area contributed by atoms with Gasteiger partial charge in [0.1, 0.15) is 6.04 Å². The summed E-state index contributed by atoms with van der Waals surface area (Å²) < 4.78 is 14.8. The molecule has 8 heteroatoms. The molecule has 1 saturated heterocycles. The molecule has 0 bridgehead atoms. The van der Waals surface area contributed by atoms with Gasteiger partial charge in [-0.15, -0.1) is 11.8 Å². The second kappa shape index (κ2) is 7.47. The van der Waals surface area contributed by atoms with Crippen LogP contribution < -0.4 is 14.8 Å². The zero-order valence-corrected chi connectivity index (χ0v) is 13.8. The average molecular weight is 339 g/mol. The number of carbonyl (C=O) groups is 3. The molecule has 1 fully saturated rings. The number of methoxy groups -OCH3 is 1. The summed E-state index contributed by atoms with van der Waals surface area (Å²) in [5, 5.41) is 2.99. The van der Waals surface area contributed by atoms with Crippen LogP contribution in [0.5, 0.6) is 11.5 Å². The molecule has 0 amide bonds. The van der Waals surface area contributed by atoms with Crippen LogP contribution >= 0.6 is 11.8 Å². The molecular weight excluding hydrogens is 322 g/mol. The van der Waals surface area contributed by atoms with Crippen LogP contribution in [0.15, 0.2) is 18.2 Å². The van der Waals surface area contributed by atoms with Gasteiger partial charge in [0.15, 0.2) is 11.5 Å². The van der Waals surface area contributed by atoms with Gasteiger partial charge >= 0.3 is 17.9 Å². The minimum absolute atomic E-state index is 0.153. The largest absolute Gasteiger partial charge is 0.468 e. The molecule has 1 N–H and O–H groups in total. The van der Waals surface area contributed by atoms with Crippen molar-refractivity contribution < 1.29 is 28.6 Å². The molecule has 1 aromatic rings. The Morgan fingerprint density at radius 1 is 1.13 bits per heavy atom. The van der Waals surface area contributed by atoms with Gasteiger partial charge in [0.05, 0.1) is 12.5 Å². The molecule has 0 aromatic heterocycles. The van der Waals surface area contributed by atoms with E-state index >= 15 is 0 Å². The third-order valence-corrected chi connectivity index (χ3v) is 4.31. The van der Waals surface area contributed by atoms with E-state index in [2.05, 4.69) is 5.32 Å². The van der Waals surface area contributed by atoms with Crippen LogP contribution in [-0.4, -0.2) is 36.8 Å². The lowest BCUT2D eigenvalue weighted by Gasteiger charge is -2.15. The van der Waals surface area contributed by atoms with Gasteiger partial charge in [0, 0.05) is 19.6 Å². The molecule has 2 atom stereocenters. The van der Waals surface area contributed by atoms with Gasteiger partial charge in [-0.05, 0) is 17.7 Å². The van der Waals surface area contributed by atoms with Crippen molar-refractivity contribution in [3.63, 3.8) is 0 Å². The monoisotopic (exact) mass is 339 g/mol. The third-order valence-electron chi connectivity index (χ3n) is 3.05. The van der Waals surface area contributed by atoms with E-state index in [0.29, 0.717) is 5.75 Å². The van der Waals surface area contributed by atoms with Crippen molar-refractivity contribution in [2.24, 2.45) is 0 Å². The fraction of sp³-hybridized carbons (Fsp3) is 0.400. The highest BCUT2D eigenvalue weighted by Crippen LogP contribution is 2.37. The van der Waals surface area contributed by atoms with Crippen LogP contribution in [0.2, 0.25) is 0 Å². The molecular formula is C15H17NO6S. The first-order chi connectivity index (χ1) is 10.9. The summed E-state index contributed by atoms with van der Waals surface area (Å²) in [6, 6.07) is 4.53. The number of carbonyl (C=O) groups excluding carboxylic acids is 3.